The third-order valence-corrected chi connectivity index (χ3v) is 6.56. The van der Waals surface area contributed by atoms with Crippen LogP contribution in [0, 0.1) is 18.7 Å². The van der Waals surface area contributed by atoms with Crippen LogP contribution in [0.4, 0.5) is 28.9 Å². The number of benzene rings is 2. The number of aliphatic carboxylic acids is 1. The first-order valence-corrected chi connectivity index (χ1v) is 11.5. The van der Waals surface area contributed by atoms with Gasteiger partial charge < -0.3 is 14.7 Å². The maximum absolute atomic E-state index is 14.3. The van der Waals surface area contributed by atoms with E-state index in [1.54, 1.807) is 30.3 Å². The fourth-order valence-corrected chi connectivity index (χ4v) is 4.77. The molecule has 1 fully saturated rings. The molecule has 2 aromatic carbocycles. The predicted octanol–water partition coefficient (Wildman–Crippen LogP) is 5.40. The summed E-state index contributed by atoms with van der Waals surface area (Å²) in [5.74, 6) is -1.96. The van der Waals surface area contributed by atoms with Crippen molar-refractivity contribution in [3.05, 3.63) is 53.8 Å². The minimum atomic E-state index is -4.63. The van der Waals surface area contributed by atoms with Crippen LogP contribution in [-0.4, -0.2) is 48.2 Å². The molecule has 188 valence electrons. The SMILES string of the molecule is Cc1cccc(F)c1N1CCC(Oc2ccc(N3N=C(C(F)(F)F)C(C)C3CC(=O)O)cc2)CC1. The first-order valence-electron chi connectivity index (χ1n) is 11.5. The Kier molecular flexibility index (Phi) is 6.91. The third kappa shape index (κ3) is 5.36. The summed E-state index contributed by atoms with van der Waals surface area (Å²) in [6.07, 6.45) is -3.80. The molecule has 0 aromatic heterocycles. The Hall–Kier alpha value is -3.30. The number of rotatable bonds is 6. The highest BCUT2D eigenvalue weighted by Gasteiger charge is 2.48. The minimum Gasteiger partial charge on any atom is -0.490 e. The van der Waals surface area contributed by atoms with Gasteiger partial charge in [-0.15, -0.1) is 0 Å². The van der Waals surface area contributed by atoms with Crippen LogP contribution in [0.5, 0.6) is 5.75 Å². The van der Waals surface area contributed by atoms with Gasteiger partial charge in [-0.3, -0.25) is 9.80 Å². The third-order valence-electron chi connectivity index (χ3n) is 6.56. The number of hydrogen-bond donors (Lipinski definition) is 1. The number of piperidine rings is 1. The molecule has 0 radical (unpaired) electrons. The molecule has 10 heteroatoms. The lowest BCUT2D eigenvalue weighted by molar-refractivity contribution is -0.137. The molecule has 0 aliphatic carbocycles. The molecule has 2 unspecified atom stereocenters. The molecule has 0 saturated carbocycles. The number of halogens is 4. The molecule has 2 aromatic rings. The van der Waals surface area contributed by atoms with E-state index in [1.807, 2.05) is 17.9 Å². The normalized spacial score (nSPS) is 21.3. The number of carbonyl (C=O) groups is 1. The lowest BCUT2D eigenvalue weighted by atomic mass is 9.94. The van der Waals surface area contributed by atoms with Gasteiger partial charge >= 0.3 is 12.1 Å². The largest absolute Gasteiger partial charge is 0.490 e. The number of carboxylic acid groups (broad SMARTS) is 1. The zero-order valence-electron chi connectivity index (χ0n) is 19.4. The van der Waals surface area contributed by atoms with Crippen LogP contribution in [0.15, 0.2) is 47.6 Å². The van der Waals surface area contributed by atoms with Gasteiger partial charge in [0.2, 0.25) is 0 Å². The minimum absolute atomic E-state index is 0.0781. The van der Waals surface area contributed by atoms with E-state index in [0.29, 0.717) is 43.1 Å². The molecule has 0 bridgehead atoms. The van der Waals surface area contributed by atoms with Crippen LogP contribution >= 0.6 is 0 Å². The molecular weight excluding hydrogens is 466 g/mol. The Morgan fingerprint density at radius 2 is 1.80 bits per heavy atom. The highest BCUT2D eigenvalue weighted by molar-refractivity contribution is 5.95. The van der Waals surface area contributed by atoms with Crippen molar-refractivity contribution in [2.75, 3.05) is 23.0 Å². The Morgan fingerprint density at radius 1 is 1.14 bits per heavy atom. The summed E-state index contributed by atoms with van der Waals surface area (Å²) in [6.45, 7) is 4.50. The molecule has 4 rings (SSSR count). The van der Waals surface area contributed by atoms with Crippen LogP contribution in [0.2, 0.25) is 0 Å². The van der Waals surface area contributed by atoms with E-state index in [1.165, 1.54) is 13.0 Å². The standard InChI is InChI=1S/C25H27F4N3O3/c1-15-4-3-5-20(26)23(15)31-12-10-19(11-13-31)35-18-8-6-17(7-9-18)32-21(14-22(33)34)16(2)24(30-32)25(27,28)29/h3-9,16,19,21H,10-14H2,1-2H3,(H,33,34). The smallest absolute Gasteiger partial charge is 0.431 e. The average Bonchev–Trinajstić information content (AvgIpc) is 3.11. The van der Waals surface area contributed by atoms with E-state index in [2.05, 4.69) is 5.10 Å². The van der Waals surface area contributed by atoms with Gasteiger partial charge in [0.1, 0.15) is 23.4 Å². The fourth-order valence-electron chi connectivity index (χ4n) is 4.77. The Labute approximate surface area is 200 Å². The number of aryl methyl sites for hydroxylation is 1. The molecule has 35 heavy (non-hydrogen) atoms. The van der Waals surface area contributed by atoms with Gasteiger partial charge in [-0.1, -0.05) is 19.1 Å². The maximum atomic E-state index is 14.3. The van der Waals surface area contributed by atoms with E-state index in [-0.39, 0.29) is 11.9 Å². The molecule has 2 aliphatic rings. The van der Waals surface area contributed by atoms with Gasteiger partial charge in [-0.2, -0.15) is 18.3 Å². The number of alkyl halides is 3. The Morgan fingerprint density at radius 3 is 2.37 bits per heavy atom. The summed E-state index contributed by atoms with van der Waals surface area (Å²) in [7, 11) is 0. The second-order valence-electron chi connectivity index (χ2n) is 8.98. The zero-order chi connectivity index (χ0) is 25.3. The molecule has 6 nitrogen and oxygen atoms in total. The maximum Gasteiger partial charge on any atom is 0.431 e. The molecule has 2 aliphatic heterocycles. The van der Waals surface area contributed by atoms with Crippen molar-refractivity contribution in [1.29, 1.82) is 0 Å². The number of ether oxygens (including phenoxy) is 1. The van der Waals surface area contributed by atoms with Crippen LogP contribution in [0.25, 0.3) is 0 Å². The van der Waals surface area contributed by atoms with Crippen molar-refractivity contribution in [2.45, 2.75) is 51.4 Å². The van der Waals surface area contributed by atoms with Crippen molar-refractivity contribution in [3.63, 3.8) is 0 Å². The highest BCUT2D eigenvalue weighted by atomic mass is 19.4. The van der Waals surface area contributed by atoms with Crippen molar-refractivity contribution >= 4 is 23.1 Å². The van der Waals surface area contributed by atoms with Gasteiger partial charge in [0.25, 0.3) is 0 Å². The number of para-hydroxylation sites is 1. The van der Waals surface area contributed by atoms with E-state index in [4.69, 9.17) is 4.74 Å². The molecule has 0 spiro atoms. The van der Waals surface area contributed by atoms with Crippen LogP contribution in [-0.2, 0) is 4.79 Å². The molecular formula is C25H27F4N3O3. The lowest BCUT2D eigenvalue weighted by Gasteiger charge is -2.34. The number of anilines is 2. The quantitative estimate of drug-likeness (QED) is 0.546. The molecule has 1 saturated heterocycles. The van der Waals surface area contributed by atoms with Gasteiger partial charge in [0, 0.05) is 31.8 Å². The summed E-state index contributed by atoms with van der Waals surface area (Å²) in [6, 6.07) is 10.5. The van der Waals surface area contributed by atoms with Crippen molar-refractivity contribution in [1.82, 2.24) is 0 Å². The van der Waals surface area contributed by atoms with Crippen molar-refractivity contribution in [2.24, 2.45) is 11.0 Å². The van der Waals surface area contributed by atoms with E-state index in [9.17, 15) is 27.5 Å². The Balaban J connectivity index is 1.42. The summed E-state index contributed by atoms with van der Waals surface area (Å²) >= 11 is 0. The first-order chi connectivity index (χ1) is 16.5. The second-order valence-corrected chi connectivity index (χ2v) is 8.98. The van der Waals surface area contributed by atoms with Gasteiger partial charge in [-0.05, 0) is 42.8 Å². The molecule has 1 N–H and O–H groups in total. The van der Waals surface area contributed by atoms with Gasteiger partial charge in [0.05, 0.1) is 23.8 Å². The molecule has 2 atom stereocenters. The van der Waals surface area contributed by atoms with E-state index in [0.717, 1.165) is 10.6 Å². The second kappa shape index (κ2) is 9.75. The summed E-state index contributed by atoms with van der Waals surface area (Å²) in [4.78, 5) is 13.3. The first kappa shape index (κ1) is 24.8. The number of hydrogen-bond acceptors (Lipinski definition) is 5. The predicted molar refractivity (Wildman–Crippen MR) is 125 cm³/mol. The Bertz CT molecular complexity index is 1080. The summed E-state index contributed by atoms with van der Waals surface area (Å²) in [5, 5.41) is 14.1. The summed E-state index contributed by atoms with van der Waals surface area (Å²) in [5.41, 5.74) is 0.874. The topological polar surface area (TPSA) is 65.4 Å². The summed E-state index contributed by atoms with van der Waals surface area (Å²) < 4.78 is 60.4. The van der Waals surface area contributed by atoms with Crippen molar-refractivity contribution in [3.8, 4) is 5.75 Å². The van der Waals surface area contributed by atoms with Gasteiger partial charge in [0.15, 0.2) is 0 Å². The number of hydrazone groups is 1. The average molecular weight is 494 g/mol. The monoisotopic (exact) mass is 493 g/mol. The highest BCUT2D eigenvalue weighted by Crippen LogP contribution is 2.37. The van der Waals surface area contributed by atoms with Crippen LogP contribution < -0.4 is 14.6 Å². The van der Waals surface area contributed by atoms with Gasteiger partial charge in [-0.25, -0.2) is 4.39 Å². The van der Waals surface area contributed by atoms with E-state index >= 15 is 0 Å². The number of carboxylic acids is 1. The van der Waals surface area contributed by atoms with Crippen LogP contribution in [0.1, 0.15) is 31.7 Å². The van der Waals surface area contributed by atoms with Crippen molar-refractivity contribution < 1.29 is 32.2 Å². The number of nitrogens with zero attached hydrogens (tertiary/aromatic N) is 3. The molecule has 0 amide bonds. The lowest BCUT2D eigenvalue weighted by Crippen LogP contribution is -2.39. The van der Waals surface area contributed by atoms with E-state index < -0.39 is 36.2 Å². The molecule has 2 heterocycles. The zero-order valence-corrected chi connectivity index (χ0v) is 19.4. The van der Waals surface area contributed by atoms with Crippen LogP contribution in [0.3, 0.4) is 0 Å². The fraction of sp³-hybridized carbons (Fsp3) is 0.440.